The van der Waals surface area contributed by atoms with Gasteiger partial charge in [-0.3, -0.25) is 4.79 Å². The number of para-hydroxylation sites is 1. The van der Waals surface area contributed by atoms with Gasteiger partial charge in [-0.05, 0) is 34.7 Å². The Morgan fingerprint density at radius 1 is 1.11 bits per heavy atom. The number of rotatable bonds is 4. The number of carbonyl (C=O) groups excluding carboxylic acids is 2. The first-order valence-electron chi connectivity index (χ1n) is 10.7. The maximum atomic E-state index is 14.9. The first-order valence-corrected chi connectivity index (χ1v) is 10.7. The molecule has 0 aliphatic carbocycles. The van der Waals surface area contributed by atoms with Crippen molar-refractivity contribution in [3.63, 3.8) is 0 Å². The molecule has 15 heteroatoms. The van der Waals surface area contributed by atoms with Crippen molar-refractivity contribution in [2.45, 2.75) is 24.6 Å². The predicted octanol–water partition coefficient (Wildman–Crippen LogP) is 3.07. The molecule has 0 saturated carbocycles. The first-order chi connectivity index (χ1) is 17.5. The second-order valence-electron chi connectivity index (χ2n) is 8.11. The Morgan fingerprint density at radius 2 is 1.89 bits per heavy atom. The monoisotopic (exact) mass is 522 g/mol. The van der Waals surface area contributed by atoms with Crippen molar-refractivity contribution in [1.29, 1.82) is 0 Å². The van der Waals surface area contributed by atoms with Crippen molar-refractivity contribution >= 4 is 28.4 Å². The largest absolute Gasteiger partial charge is 0.491 e. The Kier molecular flexibility index (Phi) is 5.84. The number of pyridine rings is 2. The van der Waals surface area contributed by atoms with E-state index in [1.165, 1.54) is 35.0 Å². The van der Waals surface area contributed by atoms with E-state index >= 15 is 0 Å². The molecule has 192 valence electrons. The van der Waals surface area contributed by atoms with Crippen LogP contribution < -0.4 is 9.47 Å². The minimum Gasteiger partial charge on any atom is -0.463 e. The van der Waals surface area contributed by atoms with Gasteiger partial charge in [0.25, 0.3) is 17.7 Å². The molecule has 1 aliphatic heterocycles. The molecule has 10 nitrogen and oxygen atoms in total. The zero-order chi connectivity index (χ0) is 26.4. The number of piperidine rings is 1. The number of benzene rings is 1. The highest BCUT2D eigenvalue weighted by molar-refractivity contribution is 5.99. The van der Waals surface area contributed by atoms with E-state index in [1.807, 2.05) is 0 Å². The fourth-order valence-electron chi connectivity index (χ4n) is 3.81. The number of fused-ring (bicyclic) bond motifs is 2. The zero-order valence-electron chi connectivity index (χ0n) is 18.5. The number of nitrogens with zero attached hydrogens (tertiary/aromatic N) is 6. The number of amides is 1. The lowest BCUT2D eigenvalue weighted by molar-refractivity contribution is -0.190. The quantitative estimate of drug-likeness (QED) is 0.297. The highest BCUT2D eigenvalue weighted by atomic mass is 19.4. The summed E-state index contributed by atoms with van der Waals surface area (Å²) < 4.78 is 79.3. The van der Waals surface area contributed by atoms with Gasteiger partial charge in [0.1, 0.15) is 0 Å². The molecule has 1 unspecified atom stereocenters. The third-order valence-electron chi connectivity index (χ3n) is 5.66. The van der Waals surface area contributed by atoms with Gasteiger partial charge >= 0.3 is 12.1 Å². The van der Waals surface area contributed by atoms with E-state index in [9.17, 15) is 31.5 Å². The zero-order valence-corrected chi connectivity index (χ0v) is 18.5. The first kappa shape index (κ1) is 24.3. The van der Waals surface area contributed by atoms with E-state index in [0.717, 1.165) is 11.0 Å². The normalized spacial score (nSPS) is 17.6. The summed E-state index contributed by atoms with van der Waals surface area (Å²) in [5, 5.41) is 11.2. The third-order valence-corrected chi connectivity index (χ3v) is 5.66. The van der Waals surface area contributed by atoms with E-state index in [1.54, 1.807) is 12.1 Å². The summed E-state index contributed by atoms with van der Waals surface area (Å²) in [6.07, 6.45) is -6.67. The molecule has 1 aliphatic rings. The summed E-state index contributed by atoms with van der Waals surface area (Å²) in [5.41, 5.74) is 0.363. The van der Waals surface area contributed by atoms with Crippen LogP contribution in [0.25, 0.3) is 16.6 Å². The number of hydrogen-bond acceptors (Lipinski definition) is 8. The van der Waals surface area contributed by atoms with Crippen LogP contribution in [0.2, 0.25) is 0 Å². The number of carbonyl (C=O) groups is 2. The number of ether oxygens (including phenoxy) is 2. The van der Waals surface area contributed by atoms with Gasteiger partial charge in [-0.2, -0.15) is 17.7 Å². The van der Waals surface area contributed by atoms with Crippen molar-refractivity contribution in [3.8, 4) is 11.6 Å². The summed E-state index contributed by atoms with van der Waals surface area (Å²) in [6, 6.07) is 10.0. The third kappa shape index (κ3) is 4.71. The van der Waals surface area contributed by atoms with Gasteiger partial charge in [0.2, 0.25) is 0 Å². The minimum absolute atomic E-state index is 0.0556. The average Bonchev–Trinajstić information content (AvgIpc) is 3.33. The molecule has 1 fully saturated rings. The fourth-order valence-corrected chi connectivity index (χ4v) is 3.81. The van der Waals surface area contributed by atoms with E-state index in [-0.39, 0.29) is 28.7 Å². The van der Waals surface area contributed by atoms with Crippen LogP contribution >= 0.6 is 0 Å². The number of hydrogen-bond donors (Lipinski definition) is 0. The Bertz CT molecular complexity index is 1510. The van der Waals surface area contributed by atoms with Crippen LogP contribution in [0.1, 0.15) is 16.8 Å². The van der Waals surface area contributed by atoms with Gasteiger partial charge in [0.05, 0.1) is 17.6 Å². The van der Waals surface area contributed by atoms with Crippen LogP contribution in [0.15, 0.2) is 48.7 Å². The lowest BCUT2D eigenvalue weighted by atomic mass is 10.0. The summed E-state index contributed by atoms with van der Waals surface area (Å²) in [4.78, 5) is 29.7. The molecule has 0 radical (unpaired) electrons. The second kappa shape index (κ2) is 8.90. The molecule has 5 rings (SSSR count). The molecule has 4 heterocycles. The number of halogens is 5. The van der Waals surface area contributed by atoms with Crippen molar-refractivity contribution in [2.24, 2.45) is 0 Å². The highest BCUT2D eigenvalue weighted by Gasteiger charge is 2.48. The molecule has 3 aromatic heterocycles. The number of likely N-dealkylation sites (tertiary alicyclic amines) is 1. The SMILES string of the molecule is O=C(c1cccn2nnnc12)N1CCC(F)(F)C(Oc2nc3ccccc3cc2OC(=O)C(F)(F)F)C1. The second-order valence-corrected chi connectivity index (χ2v) is 8.11. The van der Waals surface area contributed by atoms with E-state index in [4.69, 9.17) is 4.74 Å². The summed E-state index contributed by atoms with van der Waals surface area (Å²) >= 11 is 0. The Morgan fingerprint density at radius 3 is 2.68 bits per heavy atom. The summed E-state index contributed by atoms with van der Waals surface area (Å²) in [7, 11) is 0. The van der Waals surface area contributed by atoms with Gasteiger partial charge < -0.3 is 14.4 Å². The summed E-state index contributed by atoms with van der Waals surface area (Å²) in [6.45, 7) is -0.981. The Hall–Kier alpha value is -4.43. The van der Waals surface area contributed by atoms with Crippen molar-refractivity contribution in [2.75, 3.05) is 13.1 Å². The van der Waals surface area contributed by atoms with E-state index in [0.29, 0.717) is 0 Å². The van der Waals surface area contributed by atoms with Crippen molar-refractivity contribution < 1.29 is 41.0 Å². The van der Waals surface area contributed by atoms with Crippen molar-refractivity contribution in [3.05, 3.63) is 54.2 Å². The molecule has 1 amide bonds. The predicted molar refractivity (Wildman–Crippen MR) is 114 cm³/mol. The van der Waals surface area contributed by atoms with Crippen LogP contribution in [0, 0.1) is 0 Å². The topological polar surface area (TPSA) is 112 Å². The smallest absolute Gasteiger partial charge is 0.463 e. The maximum absolute atomic E-state index is 14.9. The maximum Gasteiger partial charge on any atom is 0.491 e. The molecule has 1 aromatic carbocycles. The summed E-state index contributed by atoms with van der Waals surface area (Å²) in [5.74, 6) is -8.26. The van der Waals surface area contributed by atoms with Gasteiger partial charge in [-0.25, -0.2) is 18.6 Å². The molecule has 0 N–H and O–H groups in total. The minimum atomic E-state index is -5.35. The Balaban J connectivity index is 1.46. The van der Waals surface area contributed by atoms with Crippen LogP contribution in [0.3, 0.4) is 0 Å². The van der Waals surface area contributed by atoms with Crippen LogP contribution in [-0.2, 0) is 4.79 Å². The van der Waals surface area contributed by atoms with Gasteiger partial charge in [0, 0.05) is 24.5 Å². The number of alkyl halides is 5. The van der Waals surface area contributed by atoms with Gasteiger partial charge in [-0.1, -0.05) is 18.2 Å². The number of tetrazole rings is 1. The molecular formula is C22H15F5N6O4. The van der Waals surface area contributed by atoms with Crippen molar-refractivity contribution in [1.82, 2.24) is 29.9 Å². The van der Waals surface area contributed by atoms with Crippen LogP contribution in [-0.4, -0.2) is 73.1 Å². The number of aromatic nitrogens is 5. The van der Waals surface area contributed by atoms with E-state index < -0.39 is 54.7 Å². The molecule has 37 heavy (non-hydrogen) atoms. The molecule has 0 spiro atoms. The molecule has 0 bridgehead atoms. The van der Waals surface area contributed by atoms with E-state index in [2.05, 4.69) is 25.2 Å². The van der Waals surface area contributed by atoms with Crippen LogP contribution in [0.4, 0.5) is 22.0 Å². The molecule has 4 aromatic rings. The lowest BCUT2D eigenvalue weighted by Gasteiger charge is -2.38. The molecular weight excluding hydrogens is 507 g/mol. The standard InChI is InChI=1S/C22H15F5N6O4/c23-21(24)7-9-32(19(34)13-5-3-8-33-17(13)29-30-31-33)11-16(21)37-18-15(36-20(35)22(25,26)27)10-12-4-1-2-6-14(12)28-18/h1-6,8,10,16H,7,9,11H2. The lowest BCUT2D eigenvalue weighted by Crippen LogP contribution is -2.55. The Labute approximate surface area is 203 Å². The highest BCUT2D eigenvalue weighted by Crippen LogP contribution is 2.37. The average molecular weight is 522 g/mol. The molecule has 1 atom stereocenters. The van der Waals surface area contributed by atoms with Crippen LogP contribution in [0.5, 0.6) is 11.6 Å². The number of esters is 1. The fraction of sp³-hybridized carbons (Fsp3) is 0.273. The van der Waals surface area contributed by atoms with Gasteiger partial charge in [-0.15, -0.1) is 5.10 Å². The van der Waals surface area contributed by atoms with Gasteiger partial charge in [0.15, 0.2) is 17.5 Å². The molecule has 1 saturated heterocycles.